The number of benzene rings is 2. The third-order valence-corrected chi connectivity index (χ3v) is 5.27. The second-order valence-electron chi connectivity index (χ2n) is 8.65. The number of hydrogen-bond acceptors (Lipinski definition) is 7. The van der Waals surface area contributed by atoms with Gasteiger partial charge in [-0.15, -0.1) is 0 Å². The van der Waals surface area contributed by atoms with Crippen LogP contribution in [0.4, 0.5) is 4.79 Å². The number of ether oxygens (including phenoxy) is 5. The van der Waals surface area contributed by atoms with Crippen LogP contribution in [0.2, 0.25) is 0 Å². The lowest BCUT2D eigenvalue weighted by atomic mass is 9.92. The molecule has 0 radical (unpaired) electrons. The molecule has 33 heavy (non-hydrogen) atoms. The van der Waals surface area contributed by atoms with E-state index < -0.39 is 23.7 Å². The Balaban J connectivity index is 1.83. The summed E-state index contributed by atoms with van der Waals surface area (Å²) in [6, 6.07) is 10.2. The first kappa shape index (κ1) is 24.2. The highest BCUT2D eigenvalue weighted by atomic mass is 16.6. The summed E-state index contributed by atoms with van der Waals surface area (Å²) in [6.07, 6.45) is 0.0101. The molecule has 1 atom stereocenters. The maximum absolute atomic E-state index is 12.7. The van der Waals surface area contributed by atoms with Crippen molar-refractivity contribution in [3.8, 4) is 17.2 Å². The minimum atomic E-state index is -0.874. The Morgan fingerprint density at radius 3 is 2.45 bits per heavy atom. The zero-order valence-electron chi connectivity index (χ0n) is 20.0. The summed E-state index contributed by atoms with van der Waals surface area (Å²) in [5, 5.41) is 0. The lowest BCUT2D eigenvalue weighted by molar-refractivity contribution is -0.147. The SMILES string of the molecule is COC(=O)[C@H]1c2ccc(OCc3cccc(OC)c3OC)cc2CCN1C(=O)OC(C)(C)C. The highest BCUT2D eigenvalue weighted by Gasteiger charge is 2.39. The van der Waals surface area contributed by atoms with Crippen molar-refractivity contribution in [1.29, 1.82) is 0 Å². The van der Waals surface area contributed by atoms with Crippen molar-refractivity contribution >= 4 is 12.1 Å². The van der Waals surface area contributed by atoms with E-state index >= 15 is 0 Å². The summed E-state index contributed by atoms with van der Waals surface area (Å²) in [4.78, 5) is 26.8. The second-order valence-corrected chi connectivity index (χ2v) is 8.65. The first-order chi connectivity index (χ1) is 15.7. The van der Waals surface area contributed by atoms with E-state index in [0.717, 1.165) is 11.1 Å². The number of carbonyl (C=O) groups excluding carboxylic acids is 2. The standard InChI is InChI=1S/C25H31NO7/c1-25(2,3)33-24(28)26-13-12-16-14-18(10-11-19(16)21(26)23(27)31-6)32-15-17-8-7-9-20(29-4)22(17)30-5/h7-11,14,21H,12-13,15H2,1-6H3/t21-/m1/s1. The molecule has 1 heterocycles. The van der Waals surface area contributed by atoms with E-state index in [1.54, 1.807) is 47.1 Å². The van der Waals surface area contributed by atoms with Crippen LogP contribution in [0.5, 0.6) is 17.2 Å². The minimum Gasteiger partial charge on any atom is -0.493 e. The molecule has 8 heteroatoms. The molecular weight excluding hydrogens is 426 g/mol. The van der Waals surface area contributed by atoms with Gasteiger partial charge in [0.15, 0.2) is 17.5 Å². The molecule has 2 aromatic carbocycles. The lowest BCUT2D eigenvalue weighted by Gasteiger charge is -2.36. The molecule has 0 saturated carbocycles. The maximum atomic E-state index is 12.7. The van der Waals surface area contributed by atoms with E-state index in [4.69, 9.17) is 23.7 Å². The zero-order chi connectivity index (χ0) is 24.2. The lowest BCUT2D eigenvalue weighted by Crippen LogP contribution is -2.46. The Bertz CT molecular complexity index is 1010. The minimum absolute atomic E-state index is 0.281. The molecule has 8 nitrogen and oxygen atoms in total. The van der Waals surface area contributed by atoms with Crippen molar-refractivity contribution in [3.63, 3.8) is 0 Å². The number of carbonyl (C=O) groups is 2. The highest BCUT2D eigenvalue weighted by molar-refractivity contribution is 5.84. The summed E-state index contributed by atoms with van der Waals surface area (Å²) >= 11 is 0. The molecule has 0 aliphatic carbocycles. The Morgan fingerprint density at radius 1 is 1.06 bits per heavy atom. The van der Waals surface area contributed by atoms with Crippen LogP contribution < -0.4 is 14.2 Å². The van der Waals surface area contributed by atoms with Crippen LogP contribution in [0.3, 0.4) is 0 Å². The Labute approximate surface area is 194 Å². The van der Waals surface area contributed by atoms with Crippen LogP contribution in [0.1, 0.15) is 43.5 Å². The normalized spacial score (nSPS) is 15.3. The van der Waals surface area contributed by atoms with Crippen LogP contribution in [0.25, 0.3) is 0 Å². The molecule has 0 bridgehead atoms. The quantitative estimate of drug-likeness (QED) is 0.599. The number of nitrogens with zero attached hydrogens (tertiary/aromatic N) is 1. The van der Waals surface area contributed by atoms with Crippen LogP contribution in [0.15, 0.2) is 36.4 Å². The number of amides is 1. The summed E-state index contributed by atoms with van der Waals surface area (Å²) in [5.74, 6) is 1.38. The summed E-state index contributed by atoms with van der Waals surface area (Å²) in [5.41, 5.74) is 1.79. The molecular formula is C25H31NO7. The van der Waals surface area contributed by atoms with Gasteiger partial charge in [-0.05, 0) is 56.5 Å². The van der Waals surface area contributed by atoms with E-state index in [9.17, 15) is 9.59 Å². The number of methoxy groups -OCH3 is 3. The third-order valence-electron chi connectivity index (χ3n) is 5.27. The van der Waals surface area contributed by atoms with Gasteiger partial charge in [0.1, 0.15) is 18.0 Å². The first-order valence-corrected chi connectivity index (χ1v) is 10.7. The highest BCUT2D eigenvalue weighted by Crippen LogP contribution is 2.35. The molecule has 2 aromatic rings. The van der Waals surface area contributed by atoms with Gasteiger partial charge in [-0.3, -0.25) is 4.90 Å². The molecule has 0 unspecified atom stereocenters. The molecule has 1 amide bonds. The molecule has 0 saturated heterocycles. The number of esters is 1. The van der Waals surface area contributed by atoms with E-state index in [2.05, 4.69) is 0 Å². The fourth-order valence-electron chi connectivity index (χ4n) is 3.80. The van der Waals surface area contributed by atoms with Gasteiger partial charge in [0.2, 0.25) is 0 Å². The van der Waals surface area contributed by atoms with Crippen LogP contribution in [0, 0.1) is 0 Å². The molecule has 0 spiro atoms. The fraction of sp³-hybridized carbons (Fsp3) is 0.440. The van der Waals surface area contributed by atoms with Crippen LogP contribution in [-0.2, 0) is 27.3 Å². The van der Waals surface area contributed by atoms with Crippen molar-refractivity contribution in [3.05, 3.63) is 53.1 Å². The Morgan fingerprint density at radius 2 is 1.82 bits per heavy atom. The fourth-order valence-corrected chi connectivity index (χ4v) is 3.80. The number of para-hydroxylation sites is 1. The number of hydrogen-bond donors (Lipinski definition) is 0. The predicted molar refractivity (Wildman–Crippen MR) is 122 cm³/mol. The largest absolute Gasteiger partial charge is 0.493 e. The van der Waals surface area contributed by atoms with Gasteiger partial charge in [0.05, 0.1) is 21.3 Å². The third kappa shape index (κ3) is 5.50. The van der Waals surface area contributed by atoms with Crippen LogP contribution in [-0.4, -0.2) is 50.4 Å². The molecule has 1 aliphatic rings. The van der Waals surface area contributed by atoms with Crippen molar-refractivity contribution in [2.24, 2.45) is 0 Å². The van der Waals surface area contributed by atoms with E-state index in [-0.39, 0.29) is 6.61 Å². The van der Waals surface area contributed by atoms with Crippen molar-refractivity contribution in [1.82, 2.24) is 4.90 Å². The molecule has 0 fully saturated rings. The van der Waals surface area contributed by atoms with E-state index in [1.165, 1.54) is 12.0 Å². The molecule has 3 rings (SSSR count). The van der Waals surface area contributed by atoms with Crippen molar-refractivity contribution in [2.45, 2.75) is 45.4 Å². The van der Waals surface area contributed by atoms with Gasteiger partial charge in [-0.2, -0.15) is 0 Å². The van der Waals surface area contributed by atoms with Gasteiger partial charge in [0.25, 0.3) is 0 Å². The van der Waals surface area contributed by atoms with Gasteiger partial charge in [0, 0.05) is 12.1 Å². The summed E-state index contributed by atoms with van der Waals surface area (Å²) in [7, 11) is 4.48. The monoisotopic (exact) mass is 457 g/mol. The van der Waals surface area contributed by atoms with Crippen molar-refractivity contribution < 1.29 is 33.3 Å². The number of rotatable bonds is 6. The first-order valence-electron chi connectivity index (χ1n) is 10.7. The zero-order valence-corrected chi connectivity index (χ0v) is 20.0. The molecule has 1 aliphatic heterocycles. The predicted octanol–water partition coefficient (Wildman–Crippen LogP) is 4.29. The topological polar surface area (TPSA) is 83.5 Å². The summed E-state index contributed by atoms with van der Waals surface area (Å²) in [6.45, 7) is 5.98. The van der Waals surface area contributed by atoms with E-state index in [0.29, 0.717) is 35.8 Å². The summed E-state index contributed by atoms with van der Waals surface area (Å²) < 4.78 is 27.3. The smallest absolute Gasteiger partial charge is 0.411 e. The average molecular weight is 458 g/mol. The average Bonchev–Trinajstić information content (AvgIpc) is 2.79. The van der Waals surface area contributed by atoms with Gasteiger partial charge in [-0.25, -0.2) is 9.59 Å². The Kier molecular flexibility index (Phi) is 7.36. The number of fused-ring (bicyclic) bond motifs is 1. The van der Waals surface area contributed by atoms with Crippen LogP contribution >= 0.6 is 0 Å². The Hall–Kier alpha value is -3.42. The molecule has 178 valence electrons. The molecule has 0 N–H and O–H groups in total. The van der Waals surface area contributed by atoms with Gasteiger partial charge in [-0.1, -0.05) is 18.2 Å². The maximum Gasteiger partial charge on any atom is 0.411 e. The molecule has 0 aromatic heterocycles. The van der Waals surface area contributed by atoms with E-state index in [1.807, 2.05) is 24.3 Å². The second kappa shape index (κ2) is 10.0. The van der Waals surface area contributed by atoms with Gasteiger partial charge < -0.3 is 23.7 Å². The van der Waals surface area contributed by atoms with Gasteiger partial charge >= 0.3 is 12.1 Å². The van der Waals surface area contributed by atoms with Crippen molar-refractivity contribution in [2.75, 3.05) is 27.9 Å².